The van der Waals surface area contributed by atoms with Crippen LogP contribution in [0.5, 0.6) is 0 Å². The SMILES string of the molecule is CSc1ccccc1NC(=O)[C@@H](C)N(C)Cc1ccc(Cl)cc1. The first kappa shape index (κ1) is 17.9. The molecule has 0 aliphatic heterocycles. The van der Waals surface area contributed by atoms with Gasteiger partial charge in [0.05, 0.1) is 11.7 Å². The Hall–Kier alpha value is -1.49. The van der Waals surface area contributed by atoms with Gasteiger partial charge >= 0.3 is 0 Å². The van der Waals surface area contributed by atoms with E-state index >= 15 is 0 Å². The van der Waals surface area contributed by atoms with Crippen LogP contribution in [0.4, 0.5) is 5.69 Å². The number of nitrogens with one attached hydrogen (secondary N) is 1. The first-order valence-corrected chi connectivity index (χ1v) is 9.00. The maximum atomic E-state index is 12.5. The van der Waals surface area contributed by atoms with E-state index in [1.165, 1.54) is 0 Å². The largest absolute Gasteiger partial charge is 0.324 e. The van der Waals surface area contributed by atoms with Gasteiger partial charge in [0.25, 0.3) is 0 Å². The molecule has 2 aromatic rings. The summed E-state index contributed by atoms with van der Waals surface area (Å²) >= 11 is 7.52. The van der Waals surface area contributed by atoms with E-state index in [9.17, 15) is 4.79 Å². The normalized spacial score (nSPS) is 12.2. The standard InChI is InChI=1S/C18H21ClN2OS/c1-13(21(2)12-14-8-10-15(19)11-9-14)18(22)20-16-6-4-5-7-17(16)23-3/h4-11,13H,12H2,1-3H3,(H,20,22)/t13-/m1/s1. The average Bonchev–Trinajstić information content (AvgIpc) is 2.56. The van der Waals surface area contributed by atoms with Crippen molar-refractivity contribution in [2.75, 3.05) is 18.6 Å². The summed E-state index contributed by atoms with van der Waals surface area (Å²) in [7, 11) is 1.94. The van der Waals surface area contributed by atoms with Crippen LogP contribution in [0.15, 0.2) is 53.4 Å². The fraction of sp³-hybridized carbons (Fsp3) is 0.278. The van der Waals surface area contributed by atoms with Crippen molar-refractivity contribution >= 4 is 35.0 Å². The number of rotatable bonds is 6. The Morgan fingerprint density at radius 1 is 1.22 bits per heavy atom. The number of benzene rings is 2. The molecular weight excluding hydrogens is 328 g/mol. The van der Waals surface area contributed by atoms with Gasteiger partial charge in [-0.15, -0.1) is 11.8 Å². The van der Waals surface area contributed by atoms with Crippen molar-refractivity contribution in [2.45, 2.75) is 24.4 Å². The maximum absolute atomic E-state index is 12.5. The van der Waals surface area contributed by atoms with E-state index in [1.54, 1.807) is 11.8 Å². The number of likely N-dealkylation sites (N-methyl/N-ethyl adjacent to an activating group) is 1. The van der Waals surface area contributed by atoms with Crippen molar-refractivity contribution in [3.8, 4) is 0 Å². The molecule has 1 atom stereocenters. The highest BCUT2D eigenvalue weighted by atomic mass is 35.5. The number of amides is 1. The number of thioether (sulfide) groups is 1. The van der Waals surface area contributed by atoms with E-state index in [0.717, 1.165) is 21.2 Å². The molecule has 1 amide bonds. The number of nitrogens with zero attached hydrogens (tertiary/aromatic N) is 1. The van der Waals surface area contributed by atoms with Gasteiger partial charge in [0.2, 0.25) is 5.91 Å². The maximum Gasteiger partial charge on any atom is 0.241 e. The predicted octanol–water partition coefficient (Wildman–Crippen LogP) is 4.52. The molecule has 0 radical (unpaired) electrons. The minimum absolute atomic E-state index is 0.0111. The summed E-state index contributed by atoms with van der Waals surface area (Å²) in [5.74, 6) is -0.0111. The number of carbonyl (C=O) groups is 1. The van der Waals surface area contributed by atoms with Crippen molar-refractivity contribution in [1.29, 1.82) is 0 Å². The molecule has 2 rings (SSSR count). The van der Waals surface area contributed by atoms with Crippen molar-refractivity contribution in [1.82, 2.24) is 4.90 Å². The molecular formula is C18H21ClN2OS. The molecule has 0 aliphatic carbocycles. The smallest absolute Gasteiger partial charge is 0.241 e. The van der Waals surface area contributed by atoms with Gasteiger partial charge in [-0.3, -0.25) is 9.69 Å². The summed E-state index contributed by atoms with van der Waals surface area (Å²) in [5, 5.41) is 3.73. The summed E-state index contributed by atoms with van der Waals surface area (Å²) < 4.78 is 0. The highest BCUT2D eigenvalue weighted by Gasteiger charge is 2.19. The molecule has 0 fully saturated rings. The fourth-order valence-electron chi connectivity index (χ4n) is 2.20. The molecule has 0 bridgehead atoms. The Morgan fingerprint density at radius 3 is 2.52 bits per heavy atom. The molecule has 0 saturated carbocycles. The number of hydrogen-bond acceptors (Lipinski definition) is 3. The molecule has 23 heavy (non-hydrogen) atoms. The summed E-state index contributed by atoms with van der Waals surface area (Å²) in [6.45, 7) is 2.60. The van der Waals surface area contributed by atoms with Gasteiger partial charge in [0.1, 0.15) is 0 Å². The van der Waals surface area contributed by atoms with Gasteiger partial charge in [-0.2, -0.15) is 0 Å². The minimum atomic E-state index is -0.236. The zero-order valence-electron chi connectivity index (χ0n) is 13.5. The van der Waals surface area contributed by atoms with E-state index < -0.39 is 0 Å². The number of halogens is 1. The average molecular weight is 349 g/mol. The lowest BCUT2D eigenvalue weighted by molar-refractivity contribution is -0.120. The zero-order valence-corrected chi connectivity index (χ0v) is 15.1. The Kier molecular flexibility index (Phi) is 6.51. The van der Waals surface area contributed by atoms with Crippen LogP contribution in [0, 0.1) is 0 Å². The van der Waals surface area contributed by atoms with E-state index in [1.807, 2.05) is 73.7 Å². The highest BCUT2D eigenvalue weighted by Crippen LogP contribution is 2.25. The lowest BCUT2D eigenvalue weighted by atomic mass is 10.2. The Labute approximate surface area is 147 Å². The zero-order chi connectivity index (χ0) is 16.8. The van der Waals surface area contributed by atoms with Crippen LogP contribution in [0.2, 0.25) is 5.02 Å². The Balaban J connectivity index is 1.99. The fourth-order valence-corrected chi connectivity index (χ4v) is 2.88. The molecule has 2 aromatic carbocycles. The van der Waals surface area contributed by atoms with Crippen LogP contribution in [-0.2, 0) is 11.3 Å². The van der Waals surface area contributed by atoms with E-state index in [2.05, 4.69) is 5.32 Å². The molecule has 5 heteroatoms. The topological polar surface area (TPSA) is 32.3 Å². The third kappa shape index (κ3) is 4.99. The van der Waals surface area contributed by atoms with Crippen molar-refractivity contribution in [2.24, 2.45) is 0 Å². The van der Waals surface area contributed by atoms with Crippen molar-refractivity contribution in [3.05, 3.63) is 59.1 Å². The quantitative estimate of drug-likeness (QED) is 0.779. The first-order valence-electron chi connectivity index (χ1n) is 7.40. The Morgan fingerprint density at radius 2 is 1.87 bits per heavy atom. The van der Waals surface area contributed by atoms with Gasteiger partial charge in [0.15, 0.2) is 0 Å². The number of carbonyl (C=O) groups excluding carboxylic acids is 1. The van der Waals surface area contributed by atoms with Crippen LogP contribution in [0.3, 0.4) is 0 Å². The summed E-state index contributed by atoms with van der Waals surface area (Å²) in [4.78, 5) is 15.6. The van der Waals surface area contributed by atoms with Gasteiger partial charge in [0, 0.05) is 16.5 Å². The monoisotopic (exact) mass is 348 g/mol. The second-order valence-corrected chi connectivity index (χ2v) is 6.69. The van der Waals surface area contributed by atoms with Crippen LogP contribution in [0.1, 0.15) is 12.5 Å². The number of hydrogen-bond donors (Lipinski definition) is 1. The lowest BCUT2D eigenvalue weighted by Crippen LogP contribution is -2.39. The first-order chi connectivity index (χ1) is 11.0. The molecule has 0 aromatic heterocycles. The van der Waals surface area contributed by atoms with Gasteiger partial charge in [-0.05, 0) is 50.1 Å². The van der Waals surface area contributed by atoms with Crippen LogP contribution >= 0.6 is 23.4 Å². The predicted molar refractivity (Wildman–Crippen MR) is 99.2 cm³/mol. The minimum Gasteiger partial charge on any atom is -0.324 e. The number of para-hydroxylation sites is 1. The van der Waals surface area contributed by atoms with Crippen LogP contribution in [0.25, 0.3) is 0 Å². The third-order valence-electron chi connectivity index (χ3n) is 3.75. The van der Waals surface area contributed by atoms with Crippen molar-refractivity contribution in [3.63, 3.8) is 0 Å². The third-order valence-corrected chi connectivity index (χ3v) is 4.80. The molecule has 122 valence electrons. The van der Waals surface area contributed by atoms with Crippen molar-refractivity contribution < 1.29 is 4.79 Å². The summed E-state index contributed by atoms with van der Waals surface area (Å²) in [6, 6.07) is 15.3. The molecule has 0 aliphatic rings. The van der Waals surface area contributed by atoms with Gasteiger partial charge in [-0.25, -0.2) is 0 Å². The van der Waals surface area contributed by atoms with Gasteiger partial charge < -0.3 is 5.32 Å². The Bertz CT molecular complexity index is 660. The molecule has 1 N–H and O–H groups in total. The van der Waals surface area contributed by atoms with E-state index in [4.69, 9.17) is 11.6 Å². The second-order valence-electron chi connectivity index (χ2n) is 5.41. The van der Waals surface area contributed by atoms with E-state index in [0.29, 0.717) is 6.54 Å². The molecule has 3 nitrogen and oxygen atoms in total. The lowest BCUT2D eigenvalue weighted by Gasteiger charge is -2.24. The molecule has 0 unspecified atom stereocenters. The number of anilines is 1. The molecule has 0 saturated heterocycles. The second kappa shape index (κ2) is 8.39. The van der Waals surface area contributed by atoms with Crippen LogP contribution < -0.4 is 5.32 Å². The molecule has 0 spiro atoms. The van der Waals surface area contributed by atoms with E-state index in [-0.39, 0.29) is 11.9 Å². The van der Waals surface area contributed by atoms with Crippen LogP contribution in [-0.4, -0.2) is 30.2 Å². The van der Waals surface area contributed by atoms with Gasteiger partial charge in [-0.1, -0.05) is 35.9 Å². The summed E-state index contributed by atoms with van der Waals surface area (Å²) in [6.07, 6.45) is 2.00. The molecule has 0 heterocycles. The highest BCUT2D eigenvalue weighted by molar-refractivity contribution is 7.98. The summed E-state index contributed by atoms with van der Waals surface area (Å²) in [5.41, 5.74) is 1.98.